The van der Waals surface area contributed by atoms with E-state index in [2.05, 4.69) is 27.8 Å². The molecular formula is C19H19N3O2. The van der Waals surface area contributed by atoms with E-state index in [1.807, 2.05) is 43.3 Å². The summed E-state index contributed by atoms with van der Waals surface area (Å²) in [5.41, 5.74) is 3.41. The molecule has 5 nitrogen and oxygen atoms in total. The van der Waals surface area contributed by atoms with Gasteiger partial charge in [0.05, 0.1) is 6.54 Å². The minimum absolute atomic E-state index is 0.113. The first kappa shape index (κ1) is 17.1. The summed E-state index contributed by atoms with van der Waals surface area (Å²) in [5.74, 6) is 5.71. The van der Waals surface area contributed by atoms with Crippen molar-refractivity contribution in [2.75, 3.05) is 17.2 Å². The summed E-state index contributed by atoms with van der Waals surface area (Å²) in [4.78, 5) is 22.7. The summed E-state index contributed by atoms with van der Waals surface area (Å²) in [7, 11) is 0. The number of carbonyl (C=O) groups excluding carboxylic acids is 2. The Kier molecular flexibility index (Phi) is 5.98. The molecule has 0 bridgehead atoms. The van der Waals surface area contributed by atoms with Crippen molar-refractivity contribution in [1.29, 1.82) is 0 Å². The van der Waals surface area contributed by atoms with Crippen LogP contribution in [0.5, 0.6) is 0 Å². The van der Waals surface area contributed by atoms with Crippen LogP contribution in [-0.2, 0) is 4.79 Å². The molecule has 5 heteroatoms. The Morgan fingerprint density at radius 3 is 2.12 bits per heavy atom. The second-order valence-corrected chi connectivity index (χ2v) is 5.23. The van der Waals surface area contributed by atoms with E-state index in [1.165, 1.54) is 6.92 Å². The molecule has 0 atom stereocenters. The monoisotopic (exact) mass is 321 g/mol. The number of rotatable bonds is 3. The molecule has 0 aliphatic heterocycles. The summed E-state index contributed by atoms with van der Waals surface area (Å²) in [6.45, 7) is 3.69. The van der Waals surface area contributed by atoms with Crippen molar-refractivity contribution < 1.29 is 9.59 Å². The molecular weight excluding hydrogens is 302 g/mol. The third kappa shape index (κ3) is 5.85. The zero-order valence-electron chi connectivity index (χ0n) is 13.6. The van der Waals surface area contributed by atoms with E-state index in [0.29, 0.717) is 0 Å². The lowest BCUT2D eigenvalue weighted by Crippen LogP contribution is -2.28. The molecule has 2 rings (SSSR count). The molecule has 2 aromatic rings. The third-order valence-corrected chi connectivity index (χ3v) is 3.08. The number of urea groups is 1. The Morgan fingerprint density at radius 1 is 0.917 bits per heavy atom. The Bertz CT molecular complexity index is 769. The maximum Gasteiger partial charge on any atom is 0.319 e. The van der Waals surface area contributed by atoms with Crippen molar-refractivity contribution in [2.45, 2.75) is 13.8 Å². The van der Waals surface area contributed by atoms with Crippen molar-refractivity contribution in [3.8, 4) is 11.8 Å². The van der Waals surface area contributed by atoms with E-state index in [9.17, 15) is 9.59 Å². The van der Waals surface area contributed by atoms with Crippen molar-refractivity contribution in [3.05, 3.63) is 59.7 Å². The summed E-state index contributed by atoms with van der Waals surface area (Å²) < 4.78 is 0. The fourth-order valence-corrected chi connectivity index (χ4v) is 1.92. The average molecular weight is 321 g/mol. The molecule has 0 aliphatic carbocycles. The number of aryl methyl sites for hydroxylation is 1. The van der Waals surface area contributed by atoms with Gasteiger partial charge in [-0.1, -0.05) is 29.5 Å². The number of hydrogen-bond acceptors (Lipinski definition) is 2. The lowest BCUT2D eigenvalue weighted by Gasteiger charge is -2.05. The highest BCUT2D eigenvalue weighted by molar-refractivity contribution is 5.89. The molecule has 0 fully saturated rings. The summed E-state index contributed by atoms with van der Waals surface area (Å²) in [6.07, 6.45) is 0. The molecule has 2 aromatic carbocycles. The molecule has 0 saturated heterocycles. The first-order valence-corrected chi connectivity index (χ1v) is 7.51. The maximum atomic E-state index is 11.7. The lowest BCUT2D eigenvalue weighted by molar-refractivity contribution is -0.114. The Hall–Kier alpha value is -3.26. The smallest absolute Gasteiger partial charge is 0.319 e. The van der Waals surface area contributed by atoms with Gasteiger partial charge in [-0.2, -0.15) is 0 Å². The summed E-state index contributed by atoms with van der Waals surface area (Å²) >= 11 is 0. The van der Waals surface area contributed by atoms with E-state index in [0.717, 1.165) is 22.5 Å². The number of anilines is 2. The third-order valence-electron chi connectivity index (χ3n) is 3.08. The standard InChI is InChI=1S/C19H19N3O2/c1-14-5-9-18(10-6-14)22-19(24)20-13-3-4-16-7-11-17(12-8-16)21-15(2)23/h5-12H,13H2,1-2H3,(H,21,23)(H2,20,22,24). The molecule has 0 radical (unpaired) electrons. The van der Waals surface area contributed by atoms with Crippen molar-refractivity contribution in [3.63, 3.8) is 0 Å². The minimum atomic E-state index is -0.297. The predicted octanol–water partition coefficient (Wildman–Crippen LogP) is 3.13. The molecule has 0 heterocycles. The van der Waals surface area contributed by atoms with Crippen LogP contribution in [0, 0.1) is 18.8 Å². The fourth-order valence-electron chi connectivity index (χ4n) is 1.92. The number of amides is 3. The Balaban J connectivity index is 1.79. The van der Waals surface area contributed by atoms with Crippen LogP contribution >= 0.6 is 0 Å². The van der Waals surface area contributed by atoms with Crippen LogP contribution in [0.25, 0.3) is 0 Å². The molecule has 0 aliphatic rings. The maximum absolute atomic E-state index is 11.7. The van der Waals surface area contributed by atoms with Gasteiger partial charge in [0, 0.05) is 23.9 Å². The van der Waals surface area contributed by atoms with Gasteiger partial charge in [0.15, 0.2) is 0 Å². The molecule has 0 saturated carbocycles. The summed E-state index contributed by atoms with van der Waals surface area (Å²) in [5, 5.41) is 8.10. The van der Waals surface area contributed by atoms with E-state index < -0.39 is 0 Å². The number of carbonyl (C=O) groups is 2. The van der Waals surface area contributed by atoms with Gasteiger partial charge in [-0.3, -0.25) is 4.79 Å². The SMILES string of the molecule is CC(=O)Nc1ccc(C#CCNC(=O)Nc2ccc(C)cc2)cc1. The second-order valence-electron chi connectivity index (χ2n) is 5.23. The van der Waals surface area contributed by atoms with Crippen LogP contribution in [0.15, 0.2) is 48.5 Å². The summed E-state index contributed by atoms with van der Waals surface area (Å²) in [6, 6.07) is 14.4. The van der Waals surface area contributed by atoms with Gasteiger partial charge >= 0.3 is 6.03 Å². The highest BCUT2D eigenvalue weighted by atomic mass is 16.2. The van der Waals surface area contributed by atoms with E-state index >= 15 is 0 Å². The molecule has 3 amide bonds. The fraction of sp³-hybridized carbons (Fsp3) is 0.158. The first-order valence-electron chi connectivity index (χ1n) is 7.51. The molecule has 3 N–H and O–H groups in total. The van der Waals surface area contributed by atoms with Crippen LogP contribution in [0.2, 0.25) is 0 Å². The van der Waals surface area contributed by atoms with Gasteiger partial charge < -0.3 is 16.0 Å². The predicted molar refractivity (Wildman–Crippen MR) is 95.8 cm³/mol. The van der Waals surface area contributed by atoms with Crippen LogP contribution in [0.3, 0.4) is 0 Å². The normalized spacial score (nSPS) is 9.42. The largest absolute Gasteiger partial charge is 0.327 e. The quantitative estimate of drug-likeness (QED) is 0.760. The van der Waals surface area contributed by atoms with Gasteiger partial charge in [0.2, 0.25) is 5.91 Å². The molecule has 0 spiro atoms. The first-order chi connectivity index (χ1) is 11.5. The molecule has 0 unspecified atom stereocenters. The molecule has 24 heavy (non-hydrogen) atoms. The Labute approximate surface area is 141 Å². The zero-order valence-corrected chi connectivity index (χ0v) is 13.6. The highest BCUT2D eigenvalue weighted by Crippen LogP contribution is 2.09. The van der Waals surface area contributed by atoms with Crippen LogP contribution < -0.4 is 16.0 Å². The van der Waals surface area contributed by atoms with Crippen molar-refractivity contribution in [2.24, 2.45) is 0 Å². The van der Waals surface area contributed by atoms with Gasteiger partial charge in [0.1, 0.15) is 0 Å². The topological polar surface area (TPSA) is 70.2 Å². The average Bonchev–Trinajstić information content (AvgIpc) is 2.55. The zero-order chi connectivity index (χ0) is 17.4. The minimum Gasteiger partial charge on any atom is -0.327 e. The van der Waals surface area contributed by atoms with E-state index in [4.69, 9.17) is 0 Å². The van der Waals surface area contributed by atoms with E-state index in [-0.39, 0.29) is 18.5 Å². The van der Waals surface area contributed by atoms with Crippen molar-refractivity contribution >= 4 is 23.3 Å². The van der Waals surface area contributed by atoms with E-state index in [1.54, 1.807) is 12.1 Å². The van der Waals surface area contributed by atoms with Crippen molar-refractivity contribution in [1.82, 2.24) is 5.32 Å². The van der Waals surface area contributed by atoms with Crippen LogP contribution in [0.4, 0.5) is 16.2 Å². The number of hydrogen-bond donors (Lipinski definition) is 3. The second kappa shape index (κ2) is 8.39. The molecule has 0 aromatic heterocycles. The van der Waals surface area contributed by atoms with Crippen LogP contribution in [0.1, 0.15) is 18.1 Å². The van der Waals surface area contributed by atoms with Gasteiger partial charge in [-0.25, -0.2) is 4.79 Å². The number of benzene rings is 2. The lowest BCUT2D eigenvalue weighted by atomic mass is 10.2. The van der Waals surface area contributed by atoms with Crippen LogP contribution in [-0.4, -0.2) is 18.5 Å². The number of nitrogens with one attached hydrogen (secondary N) is 3. The van der Waals surface area contributed by atoms with Gasteiger partial charge in [-0.05, 0) is 43.3 Å². The molecule has 122 valence electrons. The van der Waals surface area contributed by atoms with Gasteiger partial charge in [0.25, 0.3) is 0 Å². The Morgan fingerprint density at radius 2 is 1.50 bits per heavy atom. The highest BCUT2D eigenvalue weighted by Gasteiger charge is 1.99. The van der Waals surface area contributed by atoms with Gasteiger partial charge in [-0.15, -0.1) is 0 Å².